The summed E-state index contributed by atoms with van der Waals surface area (Å²) in [5.41, 5.74) is 5.92. The quantitative estimate of drug-likeness (QED) is 0.763. The van der Waals surface area contributed by atoms with Gasteiger partial charge in [0.15, 0.2) is 5.75 Å². The lowest BCUT2D eigenvalue weighted by Gasteiger charge is -2.14. The van der Waals surface area contributed by atoms with Crippen molar-refractivity contribution >= 4 is 11.7 Å². The molecule has 88 valence electrons. The Hall–Kier alpha value is -1.91. The van der Waals surface area contributed by atoms with Crippen molar-refractivity contribution in [3.05, 3.63) is 17.7 Å². The number of ether oxygens (including phenoxy) is 2. The highest BCUT2D eigenvalue weighted by atomic mass is 16.5. The van der Waals surface area contributed by atoms with Gasteiger partial charge in [-0.2, -0.15) is 0 Å². The molecule has 0 aliphatic heterocycles. The van der Waals surface area contributed by atoms with E-state index in [9.17, 15) is 4.79 Å². The summed E-state index contributed by atoms with van der Waals surface area (Å²) in [6.07, 6.45) is -0.0468. The zero-order valence-electron chi connectivity index (χ0n) is 9.48. The van der Waals surface area contributed by atoms with Gasteiger partial charge in [0, 0.05) is 6.07 Å². The van der Waals surface area contributed by atoms with E-state index >= 15 is 0 Å². The first-order valence-corrected chi connectivity index (χ1v) is 4.83. The molecule has 0 heterocycles. The SMILES string of the molecule is COc1c(N)cc(OC(C)C)cc1C(=O)O. The van der Waals surface area contributed by atoms with Gasteiger partial charge in [0.1, 0.15) is 11.3 Å². The fraction of sp³-hybridized carbons (Fsp3) is 0.364. The highest BCUT2D eigenvalue weighted by Gasteiger charge is 2.16. The number of anilines is 1. The van der Waals surface area contributed by atoms with Crippen LogP contribution in [0.5, 0.6) is 11.5 Å². The van der Waals surface area contributed by atoms with Crippen molar-refractivity contribution in [2.75, 3.05) is 12.8 Å². The second-order valence-electron chi connectivity index (χ2n) is 3.57. The van der Waals surface area contributed by atoms with Gasteiger partial charge in [-0.25, -0.2) is 4.79 Å². The van der Waals surface area contributed by atoms with E-state index in [0.717, 1.165) is 0 Å². The lowest BCUT2D eigenvalue weighted by Crippen LogP contribution is -2.09. The maximum absolute atomic E-state index is 11.0. The van der Waals surface area contributed by atoms with Crippen LogP contribution in [0.3, 0.4) is 0 Å². The number of nitrogens with two attached hydrogens (primary N) is 1. The predicted octanol–water partition coefficient (Wildman–Crippen LogP) is 1.76. The Morgan fingerprint density at radius 2 is 2.06 bits per heavy atom. The van der Waals surface area contributed by atoms with E-state index in [1.807, 2.05) is 13.8 Å². The Balaban J connectivity index is 3.22. The molecule has 1 aromatic carbocycles. The highest BCUT2D eigenvalue weighted by molar-refractivity contribution is 5.93. The third-order valence-corrected chi connectivity index (χ3v) is 1.90. The Morgan fingerprint density at radius 3 is 2.50 bits per heavy atom. The molecule has 0 unspecified atom stereocenters. The average Bonchev–Trinajstić information content (AvgIpc) is 2.15. The van der Waals surface area contributed by atoms with Crippen LogP contribution in [0.15, 0.2) is 12.1 Å². The van der Waals surface area contributed by atoms with E-state index in [0.29, 0.717) is 5.75 Å². The van der Waals surface area contributed by atoms with Crippen LogP contribution in [0, 0.1) is 0 Å². The zero-order chi connectivity index (χ0) is 12.3. The molecule has 16 heavy (non-hydrogen) atoms. The molecule has 5 nitrogen and oxygen atoms in total. The highest BCUT2D eigenvalue weighted by Crippen LogP contribution is 2.31. The van der Waals surface area contributed by atoms with Gasteiger partial charge in [-0.05, 0) is 19.9 Å². The number of hydrogen-bond acceptors (Lipinski definition) is 4. The van der Waals surface area contributed by atoms with Gasteiger partial charge in [-0.15, -0.1) is 0 Å². The number of carboxylic acids is 1. The number of carboxylic acid groups (broad SMARTS) is 1. The normalized spacial score (nSPS) is 10.2. The summed E-state index contributed by atoms with van der Waals surface area (Å²) in [6, 6.07) is 2.95. The van der Waals surface area contributed by atoms with E-state index in [4.69, 9.17) is 20.3 Å². The summed E-state index contributed by atoms with van der Waals surface area (Å²) in [4.78, 5) is 11.0. The molecule has 5 heteroatoms. The van der Waals surface area contributed by atoms with Crippen LogP contribution in [-0.2, 0) is 0 Å². The van der Waals surface area contributed by atoms with Gasteiger partial charge in [0.05, 0.1) is 18.9 Å². The molecular formula is C11H15NO4. The van der Waals surface area contributed by atoms with E-state index in [2.05, 4.69) is 0 Å². The lowest BCUT2D eigenvalue weighted by molar-refractivity contribution is 0.0692. The van der Waals surface area contributed by atoms with E-state index in [1.165, 1.54) is 13.2 Å². The fourth-order valence-corrected chi connectivity index (χ4v) is 1.35. The number of methoxy groups -OCH3 is 1. The Kier molecular flexibility index (Phi) is 3.60. The van der Waals surface area contributed by atoms with Crippen molar-refractivity contribution in [1.82, 2.24) is 0 Å². The smallest absolute Gasteiger partial charge is 0.339 e. The molecule has 0 radical (unpaired) electrons. The first kappa shape index (κ1) is 12.2. The standard InChI is InChI=1S/C11H15NO4/c1-6(2)16-7-4-8(11(13)14)10(15-3)9(12)5-7/h4-6H,12H2,1-3H3,(H,13,14). The van der Waals surface area contributed by atoms with Crippen molar-refractivity contribution in [3.8, 4) is 11.5 Å². The molecule has 0 bridgehead atoms. The molecule has 0 aromatic heterocycles. The van der Waals surface area contributed by atoms with E-state index in [1.54, 1.807) is 6.07 Å². The lowest BCUT2D eigenvalue weighted by atomic mass is 10.1. The van der Waals surface area contributed by atoms with Crippen molar-refractivity contribution in [1.29, 1.82) is 0 Å². The monoisotopic (exact) mass is 225 g/mol. The number of rotatable bonds is 4. The van der Waals surface area contributed by atoms with E-state index < -0.39 is 5.97 Å². The number of carbonyl (C=O) groups is 1. The van der Waals surface area contributed by atoms with Crippen molar-refractivity contribution in [2.45, 2.75) is 20.0 Å². The second-order valence-corrected chi connectivity index (χ2v) is 3.57. The third-order valence-electron chi connectivity index (χ3n) is 1.90. The van der Waals surface area contributed by atoms with Gasteiger partial charge < -0.3 is 20.3 Å². The average molecular weight is 225 g/mol. The van der Waals surface area contributed by atoms with Crippen LogP contribution in [0.1, 0.15) is 24.2 Å². The minimum atomic E-state index is -1.10. The molecule has 3 N–H and O–H groups in total. The van der Waals surface area contributed by atoms with Crippen molar-refractivity contribution in [2.24, 2.45) is 0 Å². The first-order chi connectivity index (χ1) is 7.45. The maximum Gasteiger partial charge on any atom is 0.339 e. The molecule has 1 aromatic rings. The Morgan fingerprint density at radius 1 is 1.44 bits per heavy atom. The Bertz CT molecular complexity index is 401. The molecule has 0 saturated carbocycles. The summed E-state index contributed by atoms with van der Waals surface area (Å²) in [6.45, 7) is 3.70. The summed E-state index contributed by atoms with van der Waals surface area (Å²) in [5, 5.41) is 8.99. The molecule has 0 aliphatic rings. The fourth-order valence-electron chi connectivity index (χ4n) is 1.35. The Labute approximate surface area is 93.8 Å². The van der Waals surface area contributed by atoms with Crippen LogP contribution >= 0.6 is 0 Å². The molecule has 0 aliphatic carbocycles. The minimum absolute atomic E-state index is 0.00171. The molecule has 0 saturated heterocycles. The van der Waals surface area contributed by atoms with Gasteiger partial charge in [0.2, 0.25) is 0 Å². The number of benzene rings is 1. The van der Waals surface area contributed by atoms with Gasteiger partial charge in [-0.1, -0.05) is 0 Å². The number of aromatic carboxylic acids is 1. The molecule has 0 atom stereocenters. The molecule has 0 amide bonds. The van der Waals surface area contributed by atoms with Crippen molar-refractivity contribution < 1.29 is 19.4 Å². The minimum Gasteiger partial charge on any atom is -0.494 e. The molecule has 0 spiro atoms. The summed E-state index contributed by atoms with van der Waals surface area (Å²) in [5.74, 6) is -0.521. The maximum atomic E-state index is 11.0. The second kappa shape index (κ2) is 4.74. The third kappa shape index (κ3) is 2.56. The van der Waals surface area contributed by atoms with E-state index in [-0.39, 0.29) is 23.1 Å². The molecule has 1 rings (SSSR count). The largest absolute Gasteiger partial charge is 0.494 e. The van der Waals surface area contributed by atoms with Crippen LogP contribution < -0.4 is 15.2 Å². The van der Waals surface area contributed by atoms with Gasteiger partial charge in [-0.3, -0.25) is 0 Å². The topological polar surface area (TPSA) is 81.8 Å². The van der Waals surface area contributed by atoms with Gasteiger partial charge in [0.25, 0.3) is 0 Å². The van der Waals surface area contributed by atoms with Crippen LogP contribution in [0.2, 0.25) is 0 Å². The summed E-state index contributed by atoms with van der Waals surface area (Å²) < 4.78 is 10.3. The predicted molar refractivity (Wildman–Crippen MR) is 60.1 cm³/mol. The zero-order valence-corrected chi connectivity index (χ0v) is 9.48. The molecule has 0 fully saturated rings. The van der Waals surface area contributed by atoms with Crippen LogP contribution in [0.25, 0.3) is 0 Å². The van der Waals surface area contributed by atoms with Gasteiger partial charge >= 0.3 is 5.97 Å². The van der Waals surface area contributed by atoms with Crippen molar-refractivity contribution in [3.63, 3.8) is 0 Å². The van der Waals surface area contributed by atoms with Crippen LogP contribution in [0.4, 0.5) is 5.69 Å². The number of nitrogen functional groups attached to an aromatic ring is 1. The molecular weight excluding hydrogens is 210 g/mol. The van der Waals surface area contributed by atoms with Crippen LogP contribution in [-0.4, -0.2) is 24.3 Å². The summed E-state index contributed by atoms with van der Waals surface area (Å²) >= 11 is 0. The first-order valence-electron chi connectivity index (χ1n) is 4.83. The number of hydrogen-bond donors (Lipinski definition) is 2. The summed E-state index contributed by atoms with van der Waals surface area (Å²) in [7, 11) is 1.38.